The standard InChI is InChI=1S/C63H113N2O6P/c1-6-8-10-12-14-16-18-20-22-24-26-28-30-31-32-33-35-37-39-41-43-45-47-49-51-53-55-57-63(67)64-61(60-71-72(68,69)70-59-58-65(3,4)5)62(66)56-54-52-50-48-46-44-42-40-38-36-34-29-27-25-23-21-19-17-15-13-11-9-7-2/h8,10,14,16,20,22,26,28,31-32,35,37,46,48,54,56,61-62,66H,6-7,9,11-13,15,17-19,21,23-25,27,29-30,33-34,36,38-45,47,49-53,55,57-60H2,1-5H3,(H-,64,67,68,69)/p+1/b10-8-,16-14-,22-20-,28-26-,32-31-,37-35-,48-46+,56-54+. The van der Waals surface area contributed by atoms with Crippen molar-refractivity contribution in [2.75, 3.05) is 40.9 Å². The Bertz CT molecular complexity index is 1490. The zero-order chi connectivity index (χ0) is 52.7. The molecule has 0 heterocycles. The van der Waals surface area contributed by atoms with E-state index in [0.29, 0.717) is 17.4 Å². The van der Waals surface area contributed by atoms with Gasteiger partial charge >= 0.3 is 7.82 Å². The number of phosphoric acid groups is 1. The van der Waals surface area contributed by atoms with Crippen LogP contribution in [0.25, 0.3) is 0 Å². The van der Waals surface area contributed by atoms with E-state index < -0.39 is 20.0 Å². The summed E-state index contributed by atoms with van der Waals surface area (Å²) in [4.78, 5) is 23.3. The number of carbonyl (C=O) groups excluding carboxylic acids is 1. The van der Waals surface area contributed by atoms with Crippen LogP contribution < -0.4 is 5.32 Å². The van der Waals surface area contributed by atoms with Gasteiger partial charge in [0.05, 0.1) is 39.9 Å². The van der Waals surface area contributed by atoms with Crippen molar-refractivity contribution in [3.63, 3.8) is 0 Å². The zero-order valence-corrected chi connectivity index (χ0v) is 48.3. The predicted octanol–water partition coefficient (Wildman–Crippen LogP) is 18.2. The number of aliphatic hydroxyl groups excluding tert-OH is 1. The van der Waals surface area contributed by atoms with Gasteiger partial charge in [0.15, 0.2) is 0 Å². The molecule has 0 saturated heterocycles. The number of aliphatic hydroxyl groups is 1. The highest BCUT2D eigenvalue weighted by Crippen LogP contribution is 2.43. The van der Waals surface area contributed by atoms with Crippen LogP contribution in [0.5, 0.6) is 0 Å². The first-order valence-electron chi connectivity index (χ1n) is 29.6. The normalized spacial score (nSPS) is 14.6. The molecule has 0 rings (SSSR count). The van der Waals surface area contributed by atoms with Crippen LogP contribution in [0.15, 0.2) is 97.2 Å². The Labute approximate surface area is 445 Å². The lowest BCUT2D eigenvalue weighted by molar-refractivity contribution is -0.870. The van der Waals surface area contributed by atoms with Gasteiger partial charge in [-0.15, -0.1) is 0 Å². The van der Waals surface area contributed by atoms with Gasteiger partial charge in [0, 0.05) is 6.42 Å². The molecule has 0 spiro atoms. The third kappa shape index (κ3) is 55.2. The first-order valence-corrected chi connectivity index (χ1v) is 31.1. The summed E-state index contributed by atoms with van der Waals surface area (Å²) in [6, 6.07) is -0.876. The molecule has 9 heteroatoms. The molecule has 1 amide bonds. The van der Waals surface area contributed by atoms with Crippen LogP contribution in [0.4, 0.5) is 0 Å². The first-order chi connectivity index (χ1) is 35.0. The van der Waals surface area contributed by atoms with Crippen molar-refractivity contribution in [1.82, 2.24) is 5.32 Å². The number of allylic oxidation sites excluding steroid dienone is 15. The number of quaternary nitrogens is 1. The maximum Gasteiger partial charge on any atom is 0.472 e. The van der Waals surface area contributed by atoms with Gasteiger partial charge in [-0.1, -0.05) is 252 Å². The highest BCUT2D eigenvalue weighted by Gasteiger charge is 2.27. The maximum absolute atomic E-state index is 13.0. The van der Waals surface area contributed by atoms with Gasteiger partial charge in [0.25, 0.3) is 0 Å². The number of hydrogen-bond acceptors (Lipinski definition) is 5. The molecule has 72 heavy (non-hydrogen) atoms. The van der Waals surface area contributed by atoms with Gasteiger partial charge in [0.2, 0.25) is 5.91 Å². The third-order valence-corrected chi connectivity index (χ3v) is 13.8. The fourth-order valence-corrected chi connectivity index (χ4v) is 8.92. The minimum atomic E-state index is -4.37. The van der Waals surface area contributed by atoms with E-state index in [-0.39, 0.29) is 19.1 Å². The van der Waals surface area contributed by atoms with E-state index in [1.165, 1.54) is 135 Å². The zero-order valence-electron chi connectivity index (χ0n) is 47.4. The number of rotatable bonds is 53. The van der Waals surface area contributed by atoms with Crippen LogP contribution in [-0.2, 0) is 18.4 Å². The average Bonchev–Trinajstić information content (AvgIpc) is 3.34. The van der Waals surface area contributed by atoms with Crippen LogP contribution >= 0.6 is 7.82 Å². The number of phosphoric ester groups is 1. The minimum Gasteiger partial charge on any atom is -0.387 e. The summed E-state index contributed by atoms with van der Waals surface area (Å²) in [5, 5.41) is 13.9. The van der Waals surface area contributed by atoms with Crippen LogP contribution in [0, 0.1) is 0 Å². The Morgan fingerprint density at radius 3 is 1.28 bits per heavy atom. The number of hydrogen-bond donors (Lipinski definition) is 3. The molecule has 0 aliphatic carbocycles. The summed E-state index contributed by atoms with van der Waals surface area (Å²) in [6.07, 6.45) is 76.5. The summed E-state index contributed by atoms with van der Waals surface area (Å²) >= 11 is 0. The second-order valence-corrected chi connectivity index (χ2v) is 22.4. The molecule has 3 unspecified atom stereocenters. The molecule has 0 aliphatic rings. The quantitative estimate of drug-likeness (QED) is 0.0243. The van der Waals surface area contributed by atoms with Crippen LogP contribution in [0.2, 0.25) is 0 Å². The summed E-state index contributed by atoms with van der Waals surface area (Å²) in [5.41, 5.74) is 0. The van der Waals surface area contributed by atoms with E-state index in [1.807, 2.05) is 27.2 Å². The fourth-order valence-electron chi connectivity index (χ4n) is 8.18. The molecular formula is C63H114N2O6P+. The van der Waals surface area contributed by atoms with Crippen molar-refractivity contribution in [3.8, 4) is 0 Å². The van der Waals surface area contributed by atoms with Gasteiger partial charge in [-0.25, -0.2) is 4.57 Å². The molecule has 0 aromatic rings. The topological polar surface area (TPSA) is 105 Å². The van der Waals surface area contributed by atoms with Crippen molar-refractivity contribution in [2.24, 2.45) is 0 Å². The van der Waals surface area contributed by atoms with Crippen molar-refractivity contribution in [1.29, 1.82) is 0 Å². The Morgan fingerprint density at radius 1 is 0.486 bits per heavy atom. The smallest absolute Gasteiger partial charge is 0.387 e. The fraction of sp³-hybridized carbons (Fsp3) is 0.730. The number of nitrogens with zero attached hydrogens (tertiary/aromatic N) is 1. The molecule has 0 fully saturated rings. The summed E-state index contributed by atoms with van der Waals surface area (Å²) in [6.45, 7) is 4.68. The predicted molar refractivity (Wildman–Crippen MR) is 313 cm³/mol. The van der Waals surface area contributed by atoms with Crippen LogP contribution in [-0.4, -0.2) is 73.4 Å². The van der Waals surface area contributed by atoms with E-state index in [4.69, 9.17) is 9.05 Å². The van der Waals surface area contributed by atoms with Gasteiger partial charge in [0.1, 0.15) is 13.2 Å². The summed E-state index contributed by atoms with van der Waals surface area (Å²) in [7, 11) is 1.54. The second kappa shape index (κ2) is 53.3. The molecule has 3 atom stereocenters. The van der Waals surface area contributed by atoms with Gasteiger partial charge in [-0.2, -0.15) is 0 Å². The van der Waals surface area contributed by atoms with Gasteiger partial charge in [-0.05, 0) is 83.5 Å². The number of amides is 1. The molecule has 8 nitrogen and oxygen atoms in total. The molecule has 416 valence electrons. The van der Waals surface area contributed by atoms with E-state index in [1.54, 1.807) is 6.08 Å². The largest absolute Gasteiger partial charge is 0.472 e. The minimum absolute atomic E-state index is 0.0497. The van der Waals surface area contributed by atoms with Crippen molar-refractivity contribution >= 4 is 13.7 Å². The Balaban J connectivity index is 4.29. The molecule has 0 saturated carbocycles. The van der Waals surface area contributed by atoms with Crippen LogP contribution in [0.1, 0.15) is 245 Å². The summed E-state index contributed by atoms with van der Waals surface area (Å²) < 4.78 is 23.7. The third-order valence-electron chi connectivity index (χ3n) is 12.8. The van der Waals surface area contributed by atoms with Crippen LogP contribution in [0.3, 0.4) is 0 Å². The molecule has 0 aliphatic heterocycles. The molecule has 3 N–H and O–H groups in total. The lowest BCUT2D eigenvalue weighted by Crippen LogP contribution is -2.45. The number of likely N-dealkylation sites (N-methyl/N-ethyl adjacent to an activating group) is 1. The average molecular weight is 1030 g/mol. The molecule has 0 bridgehead atoms. The van der Waals surface area contributed by atoms with Crippen molar-refractivity contribution in [2.45, 2.75) is 257 Å². The molecule has 0 radical (unpaired) electrons. The monoisotopic (exact) mass is 1030 g/mol. The highest BCUT2D eigenvalue weighted by atomic mass is 31.2. The lowest BCUT2D eigenvalue weighted by atomic mass is 10.0. The number of unbranched alkanes of at least 4 members (excludes halogenated alkanes) is 26. The molecule has 0 aromatic carbocycles. The lowest BCUT2D eigenvalue weighted by Gasteiger charge is -2.25. The maximum atomic E-state index is 13.0. The van der Waals surface area contributed by atoms with Gasteiger partial charge in [-0.3, -0.25) is 13.8 Å². The first kappa shape index (κ1) is 69.4. The van der Waals surface area contributed by atoms with E-state index in [0.717, 1.165) is 89.9 Å². The molecule has 0 aromatic heterocycles. The van der Waals surface area contributed by atoms with Crippen molar-refractivity contribution in [3.05, 3.63) is 97.2 Å². The van der Waals surface area contributed by atoms with Gasteiger partial charge < -0.3 is 19.8 Å². The Hall–Kier alpha value is -2.58. The number of carbonyl (C=O) groups is 1. The van der Waals surface area contributed by atoms with E-state index in [9.17, 15) is 19.4 Å². The van der Waals surface area contributed by atoms with E-state index in [2.05, 4.69) is 104 Å². The molecular weight excluding hydrogens is 912 g/mol. The Morgan fingerprint density at radius 2 is 0.847 bits per heavy atom. The van der Waals surface area contributed by atoms with Crippen molar-refractivity contribution < 1.29 is 32.9 Å². The Kier molecular flexibility index (Phi) is 51.3. The SMILES string of the molecule is CC/C=C\C/C=C\C/C=C\C/C=C\C/C=C\C/C=C\CCCCCCCCCCC(=O)NC(COP(=O)(O)OCC[N+](C)(C)C)C(O)/C=C/CC/C=C/CCCCCCCCCCCCCCCCCCC. The number of nitrogens with one attached hydrogen (secondary N) is 1. The highest BCUT2D eigenvalue weighted by molar-refractivity contribution is 7.47. The van der Waals surface area contributed by atoms with E-state index >= 15 is 0 Å². The second-order valence-electron chi connectivity index (χ2n) is 21.0. The summed E-state index contributed by atoms with van der Waals surface area (Å²) in [5.74, 6) is -0.198.